The van der Waals surface area contributed by atoms with Gasteiger partial charge in [0.25, 0.3) is 0 Å². The number of hydrogen-bond donors (Lipinski definition) is 0. The Bertz CT molecular complexity index is 746. The van der Waals surface area contributed by atoms with Crippen LogP contribution in [0.4, 0.5) is 5.82 Å². The van der Waals surface area contributed by atoms with Crippen molar-refractivity contribution in [1.82, 2.24) is 19.9 Å². The molecule has 6 heteroatoms. The molecule has 1 atom stereocenters. The molecule has 1 saturated heterocycles. The van der Waals surface area contributed by atoms with Gasteiger partial charge in [-0.3, -0.25) is 9.78 Å². The molecular weight excluding hydrogens is 314 g/mol. The zero-order valence-corrected chi connectivity index (χ0v) is 15.1. The number of aryl methyl sites for hydroxylation is 2. The lowest BCUT2D eigenvalue weighted by Crippen LogP contribution is -2.25. The van der Waals surface area contributed by atoms with E-state index < -0.39 is 0 Å². The van der Waals surface area contributed by atoms with Crippen molar-refractivity contribution in [3.63, 3.8) is 0 Å². The summed E-state index contributed by atoms with van der Waals surface area (Å²) < 4.78 is 0. The Morgan fingerprint density at radius 1 is 1.32 bits per heavy atom. The molecule has 2 aromatic rings. The lowest BCUT2D eigenvalue weighted by molar-refractivity contribution is -0.128. The van der Waals surface area contributed by atoms with Crippen molar-refractivity contribution in [3.8, 4) is 0 Å². The number of nitrogens with zero attached hydrogens (tertiary/aromatic N) is 5. The minimum atomic E-state index is 0.131. The normalized spacial score (nSPS) is 16.9. The Morgan fingerprint density at radius 3 is 2.92 bits per heavy atom. The minimum Gasteiger partial charge on any atom is -0.349 e. The molecule has 0 aromatic carbocycles. The molecule has 1 fully saturated rings. The standard InChI is InChI=1S/C19H25N5O/c1-14-12-18(21-13-20-14)24-11-5-8-17(24)16-7-4-6-15(22-16)9-10-19(25)23(2)3/h4,6-7,12-13,17H,5,8-11H2,1-3H3/t17-/m0/s1. The fourth-order valence-corrected chi connectivity index (χ4v) is 3.23. The number of rotatable bonds is 5. The first-order chi connectivity index (χ1) is 12.0. The van der Waals surface area contributed by atoms with Gasteiger partial charge in [-0.2, -0.15) is 0 Å². The van der Waals surface area contributed by atoms with E-state index >= 15 is 0 Å². The fourth-order valence-electron chi connectivity index (χ4n) is 3.23. The highest BCUT2D eigenvalue weighted by Crippen LogP contribution is 2.34. The van der Waals surface area contributed by atoms with Crippen LogP contribution in [0.5, 0.6) is 0 Å². The molecule has 1 amide bonds. The highest BCUT2D eigenvalue weighted by Gasteiger charge is 2.28. The third-order valence-electron chi connectivity index (χ3n) is 4.60. The second kappa shape index (κ2) is 7.59. The van der Waals surface area contributed by atoms with Crippen LogP contribution in [-0.4, -0.2) is 46.4 Å². The zero-order chi connectivity index (χ0) is 17.8. The number of aromatic nitrogens is 3. The second-order valence-electron chi connectivity index (χ2n) is 6.71. The van der Waals surface area contributed by atoms with Gasteiger partial charge >= 0.3 is 0 Å². The van der Waals surface area contributed by atoms with Crippen molar-refractivity contribution in [1.29, 1.82) is 0 Å². The maximum Gasteiger partial charge on any atom is 0.222 e. The molecule has 1 aliphatic heterocycles. The number of hydrogen-bond acceptors (Lipinski definition) is 5. The van der Waals surface area contributed by atoms with E-state index in [0.717, 1.165) is 42.3 Å². The lowest BCUT2D eigenvalue weighted by atomic mass is 10.1. The van der Waals surface area contributed by atoms with E-state index in [9.17, 15) is 4.79 Å². The van der Waals surface area contributed by atoms with Gasteiger partial charge in [-0.15, -0.1) is 0 Å². The van der Waals surface area contributed by atoms with Crippen LogP contribution >= 0.6 is 0 Å². The van der Waals surface area contributed by atoms with Gasteiger partial charge in [-0.05, 0) is 38.3 Å². The zero-order valence-electron chi connectivity index (χ0n) is 15.1. The second-order valence-corrected chi connectivity index (χ2v) is 6.71. The van der Waals surface area contributed by atoms with E-state index in [1.165, 1.54) is 0 Å². The molecule has 0 radical (unpaired) electrons. The topological polar surface area (TPSA) is 62.2 Å². The highest BCUT2D eigenvalue weighted by molar-refractivity contribution is 5.75. The molecule has 0 spiro atoms. The van der Waals surface area contributed by atoms with Gasteiger partial charge in [0.15, 0.2) is 0 Å². The predicted molar refractivity (Wildman–Crippen MR) is 97.3 cm³/mol. The van der Waals surface area contributed by atoms with Gasteiger partial charge in [0.2, 0.25) is 5.91 Å². The molecule has 2 aromatic heterocycles. The van der Waals surface area contributed by atoms with E-state index in [1.807, 2.05) is 25.1 Å². The van der Waals surface area contributed by atoms with E-state index in [-0.39, 0.29) is 11.9 Å². The summed E-state index contributed by atoms with van der Waals surface area (Å²) in [5.41, 5.74) is 3.00. The van der Waals surface area contributed by atoms with E-state index in [4.69, 9.17) is 4.98 Å². The van der Waals surface area contributed by atoms with E-state index in [0.29, 0.717) is 12.8 Å². The lowest BCUT2D eigenvalue weighted by Gasteiger charge is -2.25. The van der Waals surface area contributed by atoms with Gasteiger partial charge in [0, 0.05) is 44.5 Å². The Balaban J connectivity index is 1.76. The fraction of sp³-hybridized carbons (Fsp3) is 0.474. The van der Waals surface area contributed by atoms with Gasteiger partial charge < -0.3 is 9.80 Å². The molecule has 0 bridgehead atoms. The average molecular weight is 339 g/mol. The highest BCUT2D eigenvalue weighted by atomic mass is 16.2. The summed E-state index contributed by atoms with van der Waals surface area (Å²) in [5, 5.41) is 0. The number of amides is 1. The Kier molecular flexibility index (Phi) is 5.26. The minimum absolute atomic E-state index is 0.131. The first-order valence-electron chi connectivity index (χ1n) is 8.76. The first kappa shape index (κ1) is 17.3. The average Bonchev–Trinajstić information content (AvgIpc) is 3.09. The molecule has 3 rings (SSSR count). The first-order valence-corrected chi connectivity index (χ1v) is 8.76. The molecular formula is C19H25N5O. The molecule has 1 aliphatic rings. The summed E-state index contributed by atoms with van der Waals surface area (Å²) in [6, 6.07) is 8.38. The smallest absolute Gasteiger partial charge is 0.222 e. The van der Waals surface area contributed by atoms with Crippen molar-refractivity contribution in [2.45, 2.75) is 38.6 Å². The maximum atomic E-state index is 11.8. The predicted octanol–water partition coefficient (Wildman–Crippen LogP) is 2.54. The molecule has 3 heterocycles. The summed E-state index contributed by atoms with van der Waals surface area (Å²) >= 11 is 0. The number of carbonyl (C=O) groups is 1. The maximum absolute atomic E-state index is 11.8. The quantitative estimate of drug-likeness (QED) is 0.838. The van der Waals surface area contributed by atoms with Crippen LogP contribution in [0.1, 0.15) is 42.4 Å². The Morgan fingerprint density at radius 2 is 2.16 bits per heavy atom. The van der Waals surface area contributed by atoms with Crippen LogP contribution in [-0.2, 0) is 11.2 Å². The van der Waals surface area contributed by atoms with Gasteiger partial charge in [-0.25, -0.2) is 9.97 Å². The number of anilines is 1. The third-order valence-corrected chi connectivity index (χ3v) is 4.60. The Labute approximate surface area is 148 Å². The van der Waals surface area contributed by atoms with E-state index in [1.54, 1.807) is 25.3 Å². The van der Waals surface area contributed by atoms with Crippen LogP contribution in [0.15, 0.2) is 30.6 Å². The molecule has 0 saturated carbocycles. The van der Waals surface area contributed by atoms with Gasteiger partial charge in [0.05, 0.1) is 11.7 Å². The SMILES string of the molecule is Cc1cc(N2CCC[C@H]2c2cccc(CCC(=O)N(C)C)n2)ncn1. The summed E-state index contributed by atoms with van der Waals surface area (Å²) in [6.07, 6.45) is 4.97. The molecule has 6 nitrogen and oxygen atoms in total. The molecule has 0 N–H and O–H groups in total. The summed E-state index contributed by atoms with van der Waals surface area (Å²) in [5.74, 6) is 1.09. The molecule has 0 unspecified atom stereocenters. The van der Waals surface area contributed by atoms with Crippen molar-refractivity contribution in [2.75, 3.05) is 25.5 Å². The van der Waals surface area contributed by atoms with Crippen LogP contribution in [0, 0.1) is 6.92 Å². The molecule has 132 valence electrons. The van der Waals surface area contributed by atoms with Crippen LogP contribution in [0.2, 0.25) is 0 Å². The summed E-state index contributed by atoms with van der Waals surface area (Å²) in [7, 11) is 3.57. The number of pyridine rings is 1. The van der Waals surface area contributed by atoms with Gasteiger partial charge in [-0.1, -0.05) is 6.07 Å². The summed E-state index contributed by atoms with van der Waals surface area (Å²) in [4.78, 5) is 29.2. The van der Waals surface area contributed by atoms with Gasteiger partial charge in [0.1, 0.15) is 12.1 Å². The molecule has 25 heavy (non-hydrogen) atoms. The molecule has 0 aliphatic carbocycles. The van der Waals surface area contributed by atoms with Crippen molar-refractivity contribution < 1.29 is 4.79 Å². The van der Waals surface area contributed by atoms with Crippen molar-refractivity contribution in [3.05, 3.63) is 47.7 Å². The van der Waals surface area contributed by atoms with Crippen LogP contribution in [0.3, 0.4) is 0 Å². The third kappa shape index (κ3) is 4.13. The van der Waals surface area contributed by atoms with Crippen molar-refractivity contribution >= 4 is 11.7 Å². The monoisotopic (exact) mass is 339 g/mol. The summed E-state index contributed by atoms with van der Waals surface area (Å²) in [6.45, 7) is 2.96. The largest absolute Gasteiger partial charge is 0.349 e. The Hall–Kier alpha value is -2.50. The van der Waals surface area contributed by atoms with Crippen LogP contribution < -0.4 is 4.90 Å². The van der Waals surface area contributed by atoms with Crippen molar-refractivity contribution in [2.24, 2.45) is 0 Å². The number of carbonyl (C=O) groups excluding carboxylic acids is 1. The van der Waals surface area contributed by atoms with E-state index in [2.05, 4.69) is 20.9 Å². The van der Waals surface area contributed by atoms with Crippen LogP contribution in [0.25, 0.3) is 0 Å².